The Morgan fingerprint density at radius 2 is 1.17 bits per heavy atom. The summed E-state index contributed by atoms with van der Waals surface area (Å²) >= 11 is 0. The molecule has 16 nitrogen and oxygen atoms in total. The Balaban J connectivity index is 0.000000359. The van der Waals surface area contributed by atoms with Crippen LogP contribution in [0.1, 0.15) is 77.9 Å². The van der Waals surface area contributed by atoms with E-state index in [1.165, 1.54) is 23.0 Å². The molecule has 6 rings (SSSR count). The molecule has 308 valence electrons. The molecule has 0 amide bonds. The molecule has 3 N–H and O–H groups in total. The van der Waals surface area contributed by atoms with Crippen LogP contribution < -0.4 is 0 Å². The van der Waals surface area contributed by atoms with Crippen molar-refractivity contribution < 1.29 is 60.8 Å². The maximum Gasteiger partial charge on any atom is 0.418 e. The van der Waals surface area contributed by atoms with Crippen LogP contribution in [0.4, 0.5) is 32.0 Å². The van der Waals surface area contributed by atoms with Crippen LogP contribution in [-0.4, -0.2) is 69.0 Å². The van der Waals surface area contributed by atoms with Crippen molar-refractivity contribution >= 4 is 29.4 Å². The highest BCUT2D eigenvalue weighted by molar-refractivity contribution is 5.99. The van der Waals surface area contributed by atoms with Crippen LogP contribution in [0.25, 0.3) is 44.3 Å². The minimum Gasteiger partial charge on any atom is -0.478 e. The van der Waals surface area contributed by atoms with Gasteiger partial charge >= 0.3 is 30.3 Å². The standard InChI is InChI=1S/C30H23F3N6O5.C8H4F3N3O2/c1-3-6-25(40)19-12-17(23-14-38(36-34-23)26-16(2)7-4-8-20(26)28(41)42)11-18(13-19)24-15-39(37-35-24)27-21(29(43)44)9-5-10-22(27)30(31,32)33;9-8(10,11)5-3-1-2-4(7(15)16)6(5)13-14-12/h4-5,7-15H,3,6H2,1-2H3,(H,41,42)(H,43,44);1-3H,(H,15,16). The summed E-state index contributed by atoms with van der Waals surface area (Å²) in [5.74, 6) is -4.54. The van der Waals surface area contributed by atoms with Gasteiger partial charge < -0.3 is 15.3 Å². The lowest BCUT2D eigenvalue weighted by Crippen LogP contribution is -2.15. The van der Waals surface area contributed by atoms with Gasteiger partial charge in [-0.3, -0.25) is 4.79 Å². The Kier molecular flexibility index (Phi) is 12.5. The van der Waals surface area contributed by atoms with Gasteiger partial charge in [-0.2, -0.15) is 26.3 Å². The van der Waals surface area contributed by atoms with Gasteiger partial charge in [-0.25, -0.2) is 23.7 Å². The summed E-state index contributed by atoms with van der Waals surface area (Å²) in [4.78, 5) is 49.4. The predicted octanol–water partition coefficient (Wildman–Crippen LogP) is 9.23. The lowest BCUT2D eigenvalue weighted by atomic mass is 9.98. The summed E-state index contributed by atoms with van der Waals surface area (Å²) < 4.78 is 80.9. The Morgan fingerprint density at radius 1 is 0.700 bits per heavy atom. The molecular weight excluding hydrogens is 808 g/mol. The smallest absolute Gasteiger partial charge is 0.418 e. The molecule has 2 heterocycles. The van der Waals surface area contributed by atoms with Crippen LogP contribution in [-0.2, 0) is 12.4 Å². The third kappa shape index (κ3) is 9.29. The monoisotopic (exact) mass is 835 g/mol. The lowest BCUT2D eigenvalue weighted by Gasteiger charge is -2.14. The van der Waals surface area contributed by atoms with E-state index in [4.69, 9.17) is 10.6 Å². The zero-order valence-corrected chi connectivity index (χ0v) is 30.8. The van der Waals surface area contributed by atoms with Crippen LogP contribution in [0.3, 0.4) is 0 Å². The fourth-order valence-corrected chi connectivity index (χ4v) is 5.89. The van der Waals surface area contributed by atoms with E-state index in [2.05, 4.69) is 30.7 Å². The molecule has 6 aromatic rings. The second kappa shape index (κ2) is 17.3. The first kappa shape index (κ1) is 43.3. The van der Waals surface area contributed by atoms with E-state index in [-0.39, 0.29) is 34.7 Å². The summed E-state index contributed by atoms with van der Waals surface area (Å²) in [5, 5.41) is 46.8. The molecule has 0 fully saturated rings. The number of halogens is 6. The number of benzene rings is 4. The van der Waals surface area contributed by atoms with Gasteiger partial charge in [0, 0.05) is 28.0 Å². The van der Waals surface area contributed by atoms with Crippen LogP contribution in [0.5, 0.6) is 0 Å². The summed E-state index contributed by atoms with van der Waals surface area (Å²) in [7, 11) is 0. The third-order valence-corrected chi connectivity index (χ3v) is 8.53. The van der Waals surface area contributed by atoms with E-state index in [0.717, 1.165) is 41.2 Å². The largest absolute Gasteiger partial charge is 0.478 e. The Bertz CT molecular complexity index is 2700. The number of hydrogen-bond donors (Lipinski definition) is 3. The summed E-state index contributed by atoms with van der Waals surface area (Å²) in [6, 6.07) is 14.7. The number of azide groups is 1. The number of aromatic carboxylic acids is 3. The minimum absolute atomic E-state index is 0.00509. The zero-order chi connectivity index (χ0) is 44.1. The second-order valence-corrected chi connectivity index (χ2v) is 12.5. The molecule has 0 spiro atoms. The molecule has 22 heteroatoms. The molecule has 0 atom stereocenters. The lowest BCUT2D eigenvalue weighted by molar-refractivity contribution is -0.138. The van der Waals surface area contributed by atoms with Crippen molar-refractivity contribution in [2.24, 2.45) is 5.11 Å². The highest BCUT2D eigenvalue weighted by atomic mass is 19.4. The zero-order valence-electron chi connectivity index (χ0n) is 30.8. The van der Waals surface area contributed by atoms with Gasteiger partial charge in [0.05, 0.1) is 57.3 Å². The van der Waals surface area contributed by atoms with Gasteiger partial charge in [-0.1, -0.05) is 46.7 Å². The topological polar surface area (TPSA) is 239 Å². The minimum atomic E-state index is -4.88. The van der Waals surface area contributed by atoms with Crippen LogP contribution in [0.15, 0.2) is 90.3 Å². The fraction of sp³-hybridized carbons (Fsp3) is 0.158. The number of aromatic nitrogens is 6. The van der Waals surface area contributed by atoms with Gasteiger partial charge in [-0.05, 0) is 73.0 Å². The number of para-hydroxylation sites is 2. The predicted molar refractivity (Wildman–Crippen MR) is 197 cm³/mol. The SMILES string of the molecule is CCCC(=O)c1cc(-c2cn(-c3c(C)cccc3C(=O)O)nn2)cc(-c2cn(-c3c(C(=O)O)cccc3C(F)(F)F)nn2)c1.[N-]=[N+]=Nc1c(C(=O)O)cccc1C(F)(F)F. The number of rotatable bonds is 11. The number of hydrogen-bond acceptors (Lipinski definition) is 9. The van der Waals surface area contributed by atoms with E-state index < -0.39 is 63.9 Å². The summed E-state index contributed by atoms with van der Waals surface area (Å²) in [6.07, 6.45) is -6.23. The van der Waals surface area contributed by atoms with Crippen molar-refractivity contribution in [3.8, 4) is 33.9 Å². The number of carbonyl (C=O) groups is 4. The number of ketones is 1. The van der Waals surface area contributed by atoms with E-state index in [9.17, 15) is 55.7 Å². The molecule has 0 saturated carbocycles. The van der Waals surface area contributed by atoms with Crippen molar-refractivity contribution in [2.45, 2.75) is 39.0 Å². The number of Topliss-reactive ketones (excluding diaryl/α,β-unsaturated/α-hetero) is 1. The maximum absolute atomic E-state index is 13.8. The van der Waals surface area contributed by atoms with Crippen LogP contribution in [0.2, 0.25) is 0 Å². The highest BCUT2D eigenvalue weighted by Gasteiger charge is 2.37. The van der Waals surface area contributed by atoms with Crippen molar-refractivity contribution in [1.82, 2.24) is 30.0 Å². The van der Waals surface area contributed by atoms with E-state index in [1.807, 2.05) is 6.92 Å². The van der Waals surface area contributed by atoms with Crippen molar-refractivity contribution in [3.63, 3.8) is 0 Å². The summed E-state index contributed by atoms with van der Waals surface area (Å²) in [5.41, 5.74) is 4.92. The van der Waals surface area contributed by atoms with Gasteiger partial charge in [0.25, 0.3) is 0 Å². The molecule has 0 aliphatic rings. The number of alkyl halides is 6. The molecule has 4 aromatic carbocycles. The molecular formula is C38H27F6N9O7. The van der Waals surface area contributed by atoms with E-state index in [1.54, 1.807) is 31.2 Å². The average molecular weight is 836 g/mol. The fourth-order valence-electron chi connectivity index (χ4n) is 5.89. The first-order valence-electron chi connectivity index (χ1n) is 17.1. The molecule has 0 bridgehead atoms. The van der Waals surface area contributed by atoms with Crippen LogP contribution >= 0.6 is 0 Å². The van der Waals surface area contributed by atoms with Crippen molar-refractivity contribution in [3.05, 3.63) is 135 Å². The first-order valence-corrected chi connectivity index (χ1v) is 17.1. The number of aryl methyl sites for hydroxylation is 1. The van der Waals surface area contributed by atoms with E-state index in [0.29, 0.717) is 34.9 Å². The normalized spacial score (nSPS) is 11.3. The molecule has 2 aromatic heterocycles. The highest BCUT2D eigenvalue weighted by Crippen LogP contribution is 2.39. The molecule has 0 saturated heterocycles. The molecule has 0 aliphatic carbocycles. The first-order chi connectivity index (χ1) is 28.3. The molecule has 0 radical (unpaired) electrons. The quantitative estimate of drug-likeness (QED) is 0.0365. The van der Waals surface area contributed by atoms with Gasteiger partial charge in [0.2, 0.25) is 0 Å². The number of nitrogens with zero attached hydrogens (tertiary/aromatic N) is 9. The average Bonchev–Trinajstić information content (AvgIpc) is 3.88. The number of carboxylic acids is 3. The Morgan fingerprint density at radius 3 is 1.65 bits per heavy atom. The van der Waals surface area contributed by atoms with Gasteiger partial charge in [0.15, 0.2) is 5.78 Å². The Hall–Kier alpha value is -7.87. The Labute approximate surface area is 332 Å². The number of carboxylic acid groups (broad SMARTS) is 3. The van der Waals surface area contributed by atoms with Crippen molar-refractivity contribution in [1.29, 1.82) is 0 Å². The molecule has 60 heavy (non-hydrogen) atoms. The maximum atomic E-state index is 13.8. The van der Waals surface area contributed by atoms with Crippen molar-refractivity contribution in [2.75, 3.05) is 0 Å². The summed E-state index contributed by atoms with van der Waals surface area (Å²) in [6.45, 7) is 3.56. The third-order valence-electron chi connectivity index (χ3n) is 8.53. The van der Waals surface area contributed by atoms with Gasteiger partial charge in [0.1, 0.15) is 11.4 Å². The molecule has 0 unspecified atom stereocenters. The van der Waals surface area contributed by atoms with Crippen LogP contribution in [0, 0.1) is 6.92 Å². The second-order valence-electron chi connectivity index (χ2n) is 12.5. The van der Waals surface area contributed by atoms with E-state index >= 15 is 0 Å². The number of carbonyl (C=O) groups excluding carboxylic acids is 1. The molecule has 0 aliphatic heterocycles. The van der Waals surface area contributed by atoms with Gasteiger partial charge in [-0.15, -0.1) is 10.2 Å².